The van der Waals surface area contributed by atoms with Crippen LogP contribution in [0.25, 0.3) is 0 Å². The summed E-state index contributed by atoms with van der Waals surface area (Å²) in [5, 5.41) is 0. The molecule has 119 heavy (non-hydrogen) atoms. The van der Waals surface area contributed by atoms with Crippen molar-refractivity contribution in [2.75, 3.05) is 7.11 Å². The van der Waals surface area contributed by atoms with Crippen molar-refractivity contribution in [3.8, 4) is 63.2 Å². The molecule has 0 N–H and O–H groups in total. The number of ketones is 5. The van der Waals surface area contributed by atoms with Gasteiger partial charge in [-0.2, -0.15) is 0 Å². The zero-order valence-corrected chi connectivity index (χ0v) is 64.1. The Balaban J connectivity index is 0.000000146. The molecule has 0 fully saturated rings. The Morgan fingerprint density at radius 3 is 1.00 bits per heavy atom. The molecule has 0 saturated heterocycles. The summed E-state index contributed by atoms with van der Waals surface area (Å²) in [5.74, 6) is 3.79. The fourth-order valence-corrected chi connectivity index (χ4v) is 10.2. The molecule has 0 aliphatic heterocycles. The van der Waals surface area contributed by atoms with Gasteiger partial charge in [-0.25, -0.2) is 58.6 Å². The summed E-state index contributed by atoms with van der Waals surface area (Å²) in [7, 11) is 1.57. The van der Waals surface area contributed by atoms with Gasteiger partial charge in [0.1, 0.15) is 112 Å². The van der Waals surface area contributed by atoms with Crippen molar-refractivity contribution < 1.29 is 61.2 Å². The third-order valence-corrected chi connectivity index (χ3v) is 15.7. The van der Waals surface area contributed by atoms with E-state index in [4.69, 9.17) is 28.4 Å². The van der Waals surface area contributed by atoms with Crippen LogP contribution >= 0.6 is 0 Å². The first kappa shape index (κ1) is 83.8. The average Bonchev–Trinajstić information content (AvgIpc) is 0.846. The number of nitrogens with zero attached hydrogens (tertiary/aromatic N) is 21. The summed E-state index contributed by atoms with van der Waals surface area (Å²) < 4.78 is 60.0. The van der Waals surface area contributed by atoms with E-state index in [1.807, 2.05) is 51.1 Å². The van der Waals surface area contributed by atoms with Crippen LogP contribution in [0.5, 0.6) is 63.2 Å². The van der Waals surface area contributed by atoms with E-state index in [0.29, 0.717) is 103 Å². The number of aryl methyl sites for hydroxylation is 3. The van der Waals surface area contributed by atoms with Crippen molar-refractivity contribution in [1.29, 1.82) is 0 Å². The van der Waals surface area contributed by atoms with E-state index in [9.17, 15) is 32.8 Å². The lowest BCUT2D eigenvalue weighted by atomic mass is 10.1. The number of hydrogen-bond acceptors (Lipinski definition) is 32. The van der Waals surface area contributed by atoms with E-state index < -0.39 is 12.0 Å². The Labute approximate surface area is 678 Å². The Kier molecular flexibility index (Phi) is 30.4. The van der Waals surface area contributed by atoms with E-state index in [1.165, 1.54) is 119 Å². The summed E-state index contributed by atoms with van der Waals surface area (Å²) in [6, 6.07) is 31.4. The Bertz CT molecular complexity index is 5740. The van der Waals surface area contributed by atoms with Crippen LogP contribution in [0, 0.1) is 26.6 Å². The highest BCUT2D eigenvalue weighted by molar-refractivity contribution is 5.98. The standard InChI is InChI=1S/C18H14F2N4O2.C17H14N4O3.2C17H14N4O2.C16H13N5O2/c1-11(19)18-15(20)3-2-12(24-18)6-17(25)16-7-13(4-5-23-16)26-14-8-21-10-22-9-14;1-23-13-2-4-20-12(6-13)7-17(22)16-8-14(3-5-21-16)24-15-9-18-11-19-10-15;1-12-2-3-13(21-8-12)6-17(22)16-7-14(4-5-20-16)23-15-9-18-11-19-10-15;1-12-3-2-4-13(21-12)7-17(22)16-8-14(5-6-20-16)23-15-9-18-11-19-10-15;1-11-6-17-7-12(21-11)4-16(22)15-5-13(2-3-20-15)23-14-8-18-10-19-9-14/h2-5,7-11H,6H2,1H3;2-6,8-11H,7H2,1H3;2-5,7-11H,6H2,1H3;2-6,8-11H,7H2,1H3;2-3,5-10H,4H2,1H3. The second-order valence-corrected chi connectivity index (χ2v) is 25.0. The lowest BCUT2D eigenvalue weighted by molar-refractivity contribution is 0.0978. The van der Waals surface area contributed by atoms with Crippen molar-refractivity contribution in [2.24, 2.45) is 0 Å². The molecule has 1 atom stereocenters. The molecule has 34 heteroatoms. The quantitative estimate of drug-likeness (QED) is 0.0431. The van der Waals surface area contributed by atoms with Crippen LogP contribution in [0.15, 0.2) is 265 Å². The summed E-state index contributed by atoms with van der Waals surface area (Å²) >= 11 is 0. The Morgan fingerprint density at radius 1 is 0.311 bits per heavy atom. The summed E-state index contributed by atoms with van der Waals surface area (Å²) in [6.45, 7) is 6.86. The second-order valence-electron chi connectivity index (χ2n) is 25.0. The number of hydrogen-bond donors (Lipinski definition) is 0. The molecule has 15 aromatic rings. The number of ether oxygens (including phenoxy) is 6. The first-order chi connectivity index (χ1) is 57.9. The third kappa shape index (κ3) is 27.3. The van der Waals surface area contributed by atoms with Gasteiger partial charge in [-0.05, 0) is 100.0 Å². The molecule has 0 spiro atoms. The van der Waals surface area contributed by atoms with Crippen molar-refractivity contribution in [2.45, 2.75) is 66.0 Å². The number of Topliss-reactive ketones (excluding diaryl/α,β-unsaturated/α-hetero) is 5. The molecule has 594 valence electrons. The lowest BCUT2D eigenvalue weighted by Gasteiger charge is -2.08. The van der Waals surface area contributed by atoms with E-state index in [1.54, 1.807) is 123 Å². The molecule has 0 amide bonds. The van der Waals surface area contributed by atoms with Crippen LogP contribution in [0.2, 0.25) is 0 Å². The topological polar surface area (TPSA) is 411 Å². The van der Waals surface area contributed by atoms with Gasteiger partial charge in [-0.3, -0.25) is 78.8 Å². The molecule has 0 aliphatic carbocycles. The van der Waals surface area contributed by atoms with Crippen molar-refractivity contribution in [1.82, 2.24) is 105 Å². The Hall–Kier alpha value is -16.2. The average molecular weight is 1600 g/mol. The van der Waals surface area contributed by atoms with Gasteiger partial charge in [0.25, 0.3) is 0 Å². The van der Waals surface area contributed by atoms with E-state index >= 15 is 0 Å². The fraction of sp³-hybridized carbons (Fsp3) is 0.129. The van der Waals surface area contributed by atoms with Crippen LogP contribution in [0.4, 0.5) is 8.78 Å². The minimum Gasteiger partial charge on any atom is -0.497 e. The van der Waals surface area contributed by atoms with E-state index in [-0.39, 0.29) is 78.1 Å². The van der Waals surface area contributed by atoms with Gasteiger partial charge in [0.2, 0.25) is 0 Å². The minimum atomic E-state index is -1.56. The normalized spacial score (nSPS) is 10.6. The maximum Gasteiger partial charge on any atom is 0.187 e. The van der Waals surface area contributed by atoms with Gasteiger partial charge in [0.15, 0.2) is 57.7 Å². The van der Waals surface area contributed by atoms with Crippen LogP contribution in [-0.2, 0) is 32.1 Å². The molecule has 1 unspecified atom stereocenters. The predicted octanol–water partition coefficient (Wildman–Crippen LogP) is 13.9. The fourth-order valence-electron chi connectivity index (χ4n) is 10.2. The van der Waals surface area contributed by atoms with Crippen molar-refractivity contribution in [3.63, 3.8) is 0 Å². The molecule has 32 nitrogen and oxygen atoms in total. The monoisotopic (exact) mass is 1600 g/mol. The van der Waals surface area contributed by atoms with E-state index in [2.05, 4.69) is 105 Å². The minimum absolute atomic E-state index is 0.113. The number of alkyl halides is 1. The van der Waals surface area contributed by atoms with Crippen LogP contribution in [0.1, 0.15) is 117 Å². The van der Waals surface area contributed by atoms with E-state index in [0.717, 1.165) is 28.7 Å². The SMILES string of the molecule is CC(F)c1nc(CC(=O)c2cc(Oc3cncnc3)ccn2)ccc1F.COc1ccnc(CC(=O)c2cc(Oc3cncnc3)ccn2)c1.Cc1ccc(CC(=O)c2cc(Oc3cncnc3)ccn2)nc1.Cc1cccc(CC(=O)c2cc(Oc3cncnc3)ccn2)n1.Cc1cncc(CC(=O)c2cc(Oc3cncnc3)ccn2)n1. The summed E-state index contributed by atoms with van der Waals surface area (Å²) in [4.78, 5) is 146. The number of carbonyl (C=O) groups excluding carboxylic acids is 5. The third-order valence-electron chi connectivity index (χ3n) is 15.7. The molecule has 0 radical (unpaired) electrons. The molecule has 15 heterocycles. The number of carbonyl (C=O) groups is 5. The molecular formula is C85H69F2N21O11. The maximum atomic E-state index is 13.5. The van der Waals surface area contributed by atoms with Crippen molar-refractivity contribution in [3.05, 3.63) is 350 Å². The number of rotatable bonds is 27. The highest BCUT2D eigenvalue weighted by Gasteiger charge is 2.19. The van der Waals surface area contributed by atoms with Crippen LogP contribution in [-0.4, -0.2) is 141 Å². The summed E-state index contributed by atoms with van der Waals surface area (Å²) in [5.41, 5.74) is 6.74. The summed E-state index contributed by atoms with van der Waals surface area (Å²) in [6.07, 6.45) is 35.4. The first-order valence-corrected chi connectivity index (χ1v) is 35.9. The molecule has 15 rings (SSSR count). The van der Waals surface area contributed by atoms with Crippen LogP contribution in [0.3, 0.4) is 0 Å². The predicted molar refractivity (Wildman–Crippen MR) is 421 cm³/mol. The zero-order chi connectivity index (χ0) is 83.5. The van der Waals surface area contributed by atoms with Gasteiger partial charge >= 0.3 is 0 Å². The smallest absolute Gasteiger partial charge is 0.187 e. The second kappa shape index (κ2) is 43.2. The number of aromatic nitrogens is 21. The van der Waals surface area contributed by atoms with Crippen LogP contribution < -0.4 is 28.4 Å². The zero-order valence-electron chi connectivity index (χ0n) is 64.1. The van der Waals surface area contributed by atoms with Gasteiger partial charge in [0.05, 0.1) is 118 Å². The molecule has 0 aliphatic rings. The lowest BCUT2D eigenvalue weighted by Crippen LogP contribution is -2.09. The molecular weight excluding hydrogens is 1530 g/mol. The number of halogens is 2. The maximum absolute atomic E-state index is 13.5. The van der Waals surface area contributed by atoms with Gasteiger partial charge in [-0.15, -0.1) is 0 Å². The number of pyridine rings is 9. The van der Waals surface area contributed by atoms with Crippen molar-refractivity contribution >= 4 is 28.9 Å². The van der Waals surface area contributed by atoms with Gasteiger partial charge < -0.3 is 28.4 Å². The molecule has 15 aromatic heterocycles. The van der Waals surface area contributed by atoms with Gasteiger partial charge in [0, 0.05) is 115 Å². The first-order valence-electron chi connectivity index (χ1n) is 35.9. The number of methoxy groups -OCH3 is 1. The Morgan fingerprint density at radius 2 is 0.647 bits per heavy atom. The highest BCUT2D eigenvalue weighted by atomic mass is 19.1. The molecule has 0 aromatic carbocycles. The highest BCUT2D eigenvalue weighted by Crippen LogP contribution is 2.27. The molecule has 0 bridgehead atoms. The van der Waals surface area contributed by atoms with Gasteiger partial charge in [-0.1, -0.05) is 12.1 Å². The largest absolute Gasteiger partial charge is 0.497 e. The molecule has 0 saturated carbocycles.